The van der Waals surface area contributed by atoms with Crippen molar-refractivity contribution in [2.45, 2.75) is 62.4 Å². The first-order valence-corrected chi connectivity index (χ1v) is 12.1. The van der Waals surface area contributed by atoms with Crippen LogP contribution in [0.15, 0.2) is 24.3 Å². The van der Waals surface area contributed by atoms with E-state index in [9.17, 15) is 22.4 Å². The van der Waals surface area contributed by atoms with Crippen LogP contribution in [0.4, 0.5) is 4.39 Å². The largest absolute Gasteiger partial charge is 0.455 e. The van der Waals surface area contributed by atoms with Crippen LogP contribution in [0.5, 0.6) is 0 Å². The lowest BCUT2D eigenvalue weighted by molar-refractivity contribution is -0.158. The minimum Gasteiger partial charge on any atom is -0.455 e. The number of benzene rings is 1. The third-order valence-electron chi connectivity index (χ3n) is 6.40. The molecule has 1 aromatic rings. The molecule has 0 unspecified atom stereocenters. The second kappa shape index (κ2) is 7.70. The fraction of sp³-hybridized carbons (Fsp3) is 0.619. The molecule has 2 aliphatic carbocycles. The van der Waals surface area contributed by atoms with Gasteiger partial charge in [-0.15, -0.1) is 0 Å². The van der Waals surface area contributed by atoms with E-state index < -0.39 is 21.2 Å². The third kappa shape index (κ3) is 4.17. The minimum atomic E-state index is -3.11. The molecule has 8 heteroatoms. The van der Waals surface area contributed by atoms with Gasteiger partial charge in [-0.05, 0) is 49.8 Å². The van der Waals surface area contributed by atoms with E-state index in [0.717, 1.165) is 31.2 Å². The maximum Gasteiger partial charge on any atom is 0.317 e. The molecule has 0 aromatic heterocycles. The Hall–Kier alpha value is -1.96. The van der Waals surface area contributed by atoms with Gasteiger partial charge < -0.3 is 9.64 Å². The second-order valence-electron chi connectivity index (χ2n) is 8.46. The lowest BCUT2D eigenvalue weighted by Crippen LogP contribution is -2.45. The average Bonchev–Trinajstić information content (AvgIpc) is 3.26. The van der Waals surface area contributed by atoms with Crippen molar-refractivity contribution in [1.82, 2.24) is 4.90 Å². The number of amides is 1. The van der Waals surface area contributed by atoms with E-state index in [1.165, 1.54) is 12.1 Å². The van der Waals surface area contributed by atoms with Crippen LogP contribution in [0.3, 0.4) is 0 Å². The van der Waals surface area contributed by atoms with Crippen LogP contribution in [0.2, 0.25) is 0 Å². The molecule has 1 aliphatic heterocycles. The summed E-state index contributed by atoms with van der Waals surface area (Å²) >= 11 is 0. The highest BCUT2D eigenvalue weighted by atomic mass is 32.2. The van der Waals surface area contributed by atoms with E-state index in [-0.39, 0.29) is 41.9 Å². The van der Waals surface area contributed by atoms with Gasteiger partial charge in [-0.25, -0.2) is 12.8 Å². The summed E-state index contributed by atoms with van der Waals surface area (Å²) in [6, 6.07) is 5.63. The number of sulfone groups is 1. The zero-order chi connectivity index (χ0) is 20.6. The van der Waals surface area contributed by atoms with Crippen molar-refractivity contribution in [2.75, 3.05) is 18.1 Å². The van der Waals surface area contributed by atoms with Crippen molar-refractivity contribution in [1.29, 1.82) is 0 Å². The lowest BCUT2D eigenvalue weighted by Gasteiger charge is -2.30. The predicted molar refractivity (Wildman–Crippen MR) is 104 cm³/mol. The molecule has 3 aliphatic rings. The lowest BCUT2D eigenvalue weighted by atomic mass is 9.79. The molecule has 0 radical (unpaired) electrons. The van der Waals surface area contributed by atoms with Gasteiger partial charge in [0.1, 0.15) is 5.82 Å². The molecule has 1 atom stereocenters. The van der Waals surface area contributed by atoms with Crippen molar-refractivity contribution in [3.05, 3.63) is 35.6 Å². The monoisotopic (exact) mass is 423 g/mol. The Morgan fingerprint density at radius 2 is 1.72 bits per heavy atom. The highest BCUT2D eigenvalue weighted by Crippen LogP contribution is 2.42. The van der Waals surface area contributed by atoms with E-state index in [1.807, 2.05) is 0 Å². The molecule has 4 rings (SSSR count). The molecule has 3 fully saturated rings. The predicted octanol–water partition coefficient (Wildman–Crippen LogP) is 2.36. The van der Waals surface area contributed by atoms with Crippen molar-refractivity contribution >= 4 is 21.7 Å². The van der Waals surface area contributed by atoms with Gasteiger partial charge in [-0.1, -0.05) is 25.0 Å². The number of halogens is 1. The number of esters is 1. The van der Waals surface area contributed by atoms with Gasteiger partial charge in [0.25, 0.3) is 5.91 Å². The van der Waals surface area contributed by atoms with Gasteiger partial charge >= 0.3 is 5.97 Å². The van der Waals surface area contributed by atoms with E-state index in [2.05, 4.69) is 0 Å². The number of carbonyl (C=O) groups is 2. The maximum absolute atomic E-state index is 13.3. The van der Waals surface area contributed by atoms with Crippen LogP contribution in [-0.2, 0) is 29.6 Å². The summed E-state index contributed by atoms with van der Waals surface area (Å²) in [6.07, 6.45) is 5.12. The Labute approximate surface area is 170 Å². The van der Waals surface area contributed by atoms with Crippen LogP contribution in [0.25, 0.3) is 0 Å². The number of rotatable bonds is 6. The molecule has 0 N–H and O–H groups in total. The Bertz CT molecular complexity index is 888. The van der Waals surface area contributed by atoms with Crippen LogP contribution >= 0.6 is 0 Å². The third-order valence-corrected chi connectivity index (χ3v) is 8.15. The van der Waals surface area contributed by atoms with Crippen LogP contribution < -0.4 is 0 Å². The van der Waals surface area contributed by atoms with E-state index in [0.29, 0.717) is 19.3 Å². The number of nitrogens with zero attached hydrogens (tertiary/aromatic N) is 1. The summed E-state index contributed by atoms with van der Waals surface area (Å²) < 4.78 is 42.4. The molecule has 0 bridgehead atoms. The fourth-order valence-electron chi connectivity index (χ4n) is 4.75. The smallest absolute Gasteiger partial charge is 0.317 e. The Morgan fingerprint density at radius 3 is 2.28 bits per heavy atom. The molecule has 1 heterocycles. The first kappa shape index (κ1) is 20.3. The molecule has 0 spiro atoms. The average molecular weight is 424 g/mol. The first-order valence-electron chi connectivity index (χ1n) is 10.3. The quantitative estimate of drug-likeness (QED) is 0.656. The summed E-state index contributed by atoms with van der Waals surface area (Å²) in [4.78, 5) is 27.5. The fourth-order valence-corrected chi connectivity index (χ4v) is 6.46. The molecule has 6 nitrogen and oxygen atoms in total. The summed E-state index contributed by atoms with van der Waals surface area (Å²) in [7, 11) is -3.11. The summed E-state index contributed by atoms with van der Waals surface area (Å²) in [5, 5.41) is 0. The van der Waals surface area contributed by atoms with E-state index >= 15 is 0 Å². The molecule has 29 heavy (non-hydrogen) atoms. The standard InChI is InChI=1S/C21H26FNO5S/c22-16-5-3-15(4-6-16)21(10-1-2-11-21)20(25)28-13-19(24)23(17-7-8-17)18-9-12-29(26,27)14-18/h3-6,17-18H,1-2,7-14H2/t18-/m0/s1. The highest BCUT2D eigenvalue weighted by molar-refractivity contribution is 7.91. The van der Waals surface area contributed by atoms with E-state index in [1.54, 1.807) is 17.0 Å². The number of hydrogen-bond donors (Lipinski definition) is 0. The van der Waals surface area contributed by atoms with Crippen molar-refractivity contribution in [2.24, 2.45) is 0 Å². The Kier molecular flexibility index (Phi) is 5.40. The van der Waals surface area contributed by atoms with E-state index in [4.69, 9.17) is 4.74 Å². The van der Waals surface area contributed by atoms with Crippen molar-refractivity contribution < 1.29 is 27.1 Å². The summed E-state index contributed by atoms with van der Waals surface area (Å²) in [5.41, 5.74) is -0.121. The Morgan fingerprint density at radius 1 is 1.07 bits per heavy atom. The van der Waals surface area contributed by atoms with Crippen molar-refractivity contribution in [3.8, 4) is 0 Å². The Balaban J connectivity index is 1.44. The summed E-state index contributed by atoms with van der Waals surface area (Å²) in [6.45, 7) is -0.380. The normalized spacial score (nSPS) is 24.9. The van der Waals surface area contributed by atoms with Gasteiger partial charge in [-0.3, -0.25) is 9.59 Å². The first-order chi connectivity index (χ1) is 13.8. The van der Waals surface area contributed by atoms with Crippen LogP contribution in [0, 0.1) is 5.82 Å². The summed E-state index contributed by atoms with van der Waals surface area (Å²) in [5.74, 6) is -1.05. The zero-order valence-corrected chi connectivity index (χ0v) is 17.1. The molecule has 158 valence electrons. The molecule has 1 aromatic carbocycles. The van der Waals surface area contributed by atoms with Gasteiger partial charge in [0.05, 0.1) is 16.9 Å². The molecule has 2 saturated carbocycles. The number of carbonyl (C=O) groups excluding carboxylic acids is 2. The van der Waals surface area contributed by atoms with Gasteiger partial charge in [0.15, 0.2) is 16.4 Å². The van der Waals surface area contributed by atoms with Crippen LogP contribution in [-0.4, -0.2) is 55.4 Å². The molecular formula is C21H26FNO5S. The number of ether oxygens (including phenoxy) is 1. The second-order valence-corrected chi connectivity index (χ2v) is 10.7. The van der Waals surface area contributed by atoms with Crippen LogP contribution in [0.1, 0.15) is 50.5 Å². The molecule has 1 saturated heterocycles. The topological polar surface area (TPSA) is 80.8 Å². The van der Waals surface area contributed by atoms with Crippen molar-refractivity contribution in [3.63, 3.8) is 0 Å². The van der Waals surface area contributed by atoms with Gasteiger partial charge in [-0.2, -0.15) is 0 Å². The molecule has 1 amide bonds. The minimum absolute atomic E-state index is 0.0112. The van der Waals surface area contributed by atoms with Gasteiger partial charge in [0.2, 0.25) is 0 Å². The maximum atomic E-state index is 13.3. The zero-order valence-electron chi connectivity index (χ0n) is 16.3. The SMILES string of the molecule is O=C(COC(=O)C1(c2ccc(F)cc2)CCCC1)N(C1CC1)[C@H]1CCS(=O)(=O)C1. The highest BCUT2D eigenvalue weighted by Gasteiger charge is 2.46. The molecular weight excluding hydrogens is 397 g/mol. The van der Waals surface area contributed by atoms with Gasteiger partial charge in [0, 0.05) is 12.1 Å². The number of hydrogen-bond acceptors (Lipinski definition) is 5.